The topological polar surface area (TPSA) is 84.2 Å². The van der Waals surface area contributed by atoms with E-state index in [2.05, 4.69) is 10.6 Å². The van der Waals surface area contributed by atoms with E-state index in [0.717, 1.165) is 5.56 Å². The predicted molar refractivity (Wildman–Crippen MR) is 79.8 cm³/mol. The van der Waals surface area contributed by atoms with Crippen LogP contribution in [0.4, 0.5) is 11.4 Å². The van der Waals surface area contributed by atoms with Gasteiger partial charge in [0.25, 0.3) is 0 Å². The van der Waals surface area contributed by atoms with Crippen LogP contribution in [0.15, 0.2) is 12.1 Å². The zero-order valence-electron chi connectivity index (χ0n) is 11.5. The van der Waals surface area contributed by atoms with Crippen molar-refractivity contribution in [2.24, 2.45) is 11.7 Å². The predicted octanol–water partition coefficient (Wildman–Crippen LogP) is 2.15. The number of nitrogens with one attached hydrogen (secondary N) is 2. The van der Waals surface area contributed by atoms with Crippen molar-refractivity contribution in [2.75, 3.05) is 10.6 Å². The van der Waals surface area contributed by atoms with Crippen molar-refractivity contribution in [3.63, 3.8) is 0 Å². The average Bonchev–Trinajstić information content (AvgIpc) is 2.67. The molecular formula is C14H18ClN3O2. The van der Waals surface area contributed by atoms with E-state index in [1.165, 1.54) is 0 Å². The lowest BCUT2D eigenvalue weighted by Crippen LogP contribution is -2.36. The lowest BCUT2D eigenvalue weighted by molar-refractivity contribution is -0.117. The number of nitrogens with two attached hydrogens (primary N) is 1. The van der Waals surface area contributed by atoms with E-state index in [0.29, 0.717) is 35.2 Å². The number of carbonyl (C=O) groups is 2. The molecule has 1 aliphatic rings. The number of benzene rings is 1. The zero-order valence-corrected chi connectivity index (χ0v) is 12.3. The summed E-state index contributed by atoms with van der Waals surface area (Å²) in [4.78, 5) is 23.3. The number of amides is 2. The summed E-state index contributed by atoms with van der Waals surface area (Å²) in [5.74, 6) is 0.00180. The van der Waals surface area contributed by atoms with E-state index < -0.39 is 6.04 Å². The average molecular weight is 296 g/mol. The fraction of sp³-hybridized carbons (Fsp3) is 0.429. The van der Waals surface area contributed by atoms with Gasteiger partial charge in [-0.05, 0) is 30.0 Å². The summed E-state index contributed by atoms with van der Waals surface area (Å²) in [7, 11) is 0. The standard InChI is InChI=1S/C14H18ClN3O2/c1-7(2)3-10(16)14(20)18-12-4-8-5-13(19)17-11(8)6-9(12)15/h4,6-7,10H,3,5,16H2,1-2H3,(H,17,19)(H,18,20)/t10-/m0/s1. The summed E-state index contributed by atoms with van der Waals surface area (Å²) < 4.78 is 0. The molecule has 1 heterocycles. The molecule has 4 N–H and O–H groups in total. The van der Waals surface area contributed by atoms with Crippen molar-refractivity contribution in [3.05, 3.63) is 22.7 Å². The van der Waals surface area contributed by atoms with Gasteiger partial charge in [0, 0.05) is 5.69 Å². The first-order valence-corrected chi connectivity index (χ1v) is 6.93. The van der Waals surface area contributed by atoms with Crippen molar-refractivity contribution < 1.29 is 9.59 Å². The third kappa shape index (κ3) is 3.29. The van der Waals surface area contributed by atoms with E-state index in [1.807, 2.05) is 13.8 Å². The molecule has 0 spiro atoms. The number of halogens is 1. The number of anilines is 2. The van der Waals surface area contributed by atoms with Crippen LogP contribution < -0.4 is 16.4 Å². The van der Waals surface area contributed by atoms with Gasteiger partial charge in [-0.2, -0.15) is 0 Å². The fourth-order valence-corrected chi connectivity index (χ4v) is 2.40. The maximum Gasteiger partial charge on any atom is 0.241 e. The summed E-state index contributed by atoms with van der Waals surface area (Å²) in [6.45, 7) is 4.01. The molecule has 6 heteroatoms. The molecule has 0 bridgehead atoms. The molecule has 1 aliphatic heterocycles. The van der Waals surface area contributed by atoms with Gasteiger partial charge < -0.3 is 16.4 Å². The highest BCUT2D eigenvalue weighted by atomic mass is 35.5. The van der Waals surface area contributed by atoms with Gasteiger partial charge in [0.15, 0.2) is 0 Å². The number of carbonyl (C=O) groups excluding carboxylic acids is 2. The van der Waals surface area contributed by atoms with Crippen LogP contribution in [-0.2, 0) is 16.0 Å². The van der Waals surface area contributed by atoms with Gasteiger partial charge in [-0.15, -0.1) is 0 Å². The highest BCUT2D eigenvalue weighted by Crippen LogP contribution is 2.32. The maximum absolute atomic E-state index is 12.0. The molecule has 5 nitrogen and oxygen atoms in total. The molecule has 0 unspecified atom stereocenters. The third-order valence-corrected chi connectivity index (χ3v) is 3.45. The molecule has 1 atom stereocenters. The Kier molecular flexibility index (Phi) is 4.30. The minimum Gasteiger partial charge on any atom is -0.325 e. The van der Waals surface area contributed by atoms with Crippen molar-refractivity contribution in [1.82, 2.24) is 0 Å². The summed E-state index contributed by atoms with van der Waals surface area (Å²) in [6.07, 6.45) is 0.905. The van der Waals surface area contributed by atoms with Crippen LogP contribution in [0.5, 0.6) is 0 Å². The van der Waals surface area contributed by atoms with Gasteiger partial charge in [-0.25, -0.2) is 0 Å². The minimum atomic E-state index is -0.570. The number of hydrogen-bond acceptors (Lipinski definition) is 3. The second-order valence-electron chi connectivity index (χ2n) is 5.44. The highest BCUT2D eigenvalue weighted by Gasteiger charge is 2.21. The van der Waals surface area contributed by atoms with Gasteiger partial charge >= 0.3 is 0 Å². The normalized spacial score (nSPS) is 14.9. The first kappa shape index (κ1) is 14.8. The molecule has 2 rings (SSSR count). The summed E-state index contributed by atoms with van der Waals surface area (Å²) >= 11 is 6.10. The molecule has 0 aliphatic carbocycles. The molecule has 0 radical (unpaired) electrons. The minimum absolute atomic E-state index is 0.0731. The van der Waals surface area contributed by atoms with E-state index >= 15 is 0 Å². The molecule has 0 saturated heterocycles. The van der Waals surface area contributed by atoms with Crippen molar-refractivity contribution in [3.8, 4) is 0 Å². The van der Waals surface area contributed by atoms with Crippen LogP contribution in [0.2, 0.25) is 5.02 Å². The van der Waals surface area contributed by atoms with E-state index in [4.69, 9.17) is 17.3 Å². The van der Waals surface area contributed by atoms with E-state index in [9.17, 15) is 9.59 Å². The van der Waals surface area contributed by atoms with Gasteiger partial charge in [0.05, 0.1) is 23.2 Å². The summed E-state index contributed by atoms with van der Waals surface area (Å²) in [5.41, 5.74) is 7.85. The molecular weight excluding hydrogens is 278 g/mol. The van der Waals surface area contributed by atoms with E-state index in [1.54, 1.807) is 12.1 Å². The van der Waals surface area contributed by atoms with Crippen LogP contribution >= 0.6 is 11.6 Å². The lowest BCUT2D eigenvalue weighted by Gasteiger charge is -2.15. The molecule has 20 heavy (non-hydrogen) atoms. The Labute approximate surface area is 122 Å². The largest absolute Gasteiger partial charge is 0.325 e. The maximum atomic E-state index is 12.0. The Balaban J connectivity index is 2.12. The molecule has 2 amide bonds. The van der Waals surface area contributed by atoms with Crippen molar-refractivity contribution in [2.45, 2.75) is 32.7 Å². The van der Waals surface area contributed by atoms with Crippen molar-refractivity contribution >= 4 is 34.8 Å². The van der Waals surface area contributed by atoms with Gasteiger partial charge in [0.1, 0.15) is 0 Å². The molecule has 1 aromatic rings. The highest BCUT2D eigenvalue weighted by molar-refractivity contribution is 6.34. The van der Waals surface area contributed by atoms with Crippen LogP contribution in [0, 0.1) is 5.92 Å². The monoisotopic (exact) mass is 295 g/mol. The first-order valence-electron chi connectivity index (χ1n) is 6.55. The second-order valence-corrected chi connectivity index (χ2v) is 5.85. The third-order valence-electron chi connectivity index (χ3n) is 3.14. The first-order chi connectivity index (χ1) is 9.36. The molecule has 108 valence electrons. The zero-order chi connectivity index (χ0) is 14.9. The Hall–Kier alpha value is -1.59. The quantitative estimate of drug-likeness (QED) is 0.796. The number of rotatable bonds is 4. The Morgan fingerprint density at radius 1 is 1.50 bits per heavy atom. The Bertz CT molecular complexity index is 558. The molecule has 0 fully saturated rings. The van der Waals surface area contributed by atoms with Crippen LogP contribution in [0.25, 0.3) is 0 Å². The van der Waals surface area contributed by atoms with E-state index in [-0.39, 0.29) is 11.8 Å². The molecule has 0 aromatic heterocycles. The van der Waals surface area contributed by atoms with Gasteiger partial charge in [0.2, 0.25) is 11.8 Å². The lowest BCUT2D eigenvalue weighted by atomic mass is 10.0. The number of hydrogen-bond donors (Lipinski definition) is 3. The summed E-state index contributed by atoms with van der Waals surface area (Å²) in [6, 6.07) is 2.79. The number of fused-ring (bicyclic) bond motifs is 1. The fourth-order valence-electron chi connectivity index (χ4n) is 2.18. The molecule has 1 aromatic carbocycles. The summed E-state index contributed by atoms with van der Waals surface area (Å²) in [5, 5.41) is 5.82. The van der Waals surface area contributed by atoms with Gasteiger partial charge in [-0.3, -0.25) is 9.59 Å². The smallest absolute Gasteiger partial charge is 0.241 e. The Morgan fingerprint density at radius 2 is 2.20 bits per heavy atom. The Morgan fingerprint density at radius 3 is 2.85 bits per heavy atom. The molecule has 0 saturated carbocycles. The van der Waals surface area contributed by atoms with Crippen LogP contribution in [-0.4, -0.2) is 17.9 Å². The second kappa shape index (κ2) is 5.81. The van der Waals surface area contributed by atoms with Gasteiger partial charge in [-0.1, -0.05) is 25.4 Å². The van der Waals surface area contributed by atoms with Crippen molar-refractivity contribution in [1.29, 1.82) is 0 Å². The van der Waals surface area contributed by atoms with Crippen LogP contribution in [0.3, 0.4) is 0 Å². The van der Waals surface area contributed by atoms with Crippen LogP contribution in [0.1, 0.15) is 25.8 Å². The SMILES string of the molecule is CC(C)C[C@H](N)C(=O)Nc1cc2c(cc1Cl)NC(=O)C2.